The highest BCUT2D eigenvalue weighted by Crippen LogP contribution is 2.35. The van der Waals surface area contributed by atoms with E-state index in [1.165, 1.54) is 28.8 Å². The zero-order chi connectivity index (χ0) is 17.7. The van der Waals surface area contributed by atoms with Gasteiger partial charge in [0, 0.05) is 11.4 Å². The van der Waals surface area contributed by atoms with Crippen LogP contribution < -0.4 is 5.56 Å². The van der Waals surface area contributed by atoms with Crippen LogP contribution in [0.25, 0.3) is 16.0 Å². The third-order valence-electron chi connectivity index (χ3n) is 5.33. The van der Waals surface area contributed by atoms with Crippen molar-refractivity contribution in [1.82, 2.24) is 19.2 Å². The van der Waals surface area contributed by atoms with Gasteiger partial charge in [0.15, 0.2) is 0 Å². The second-order valence-corrected chi connectivity index (χ2v) is 8.05. The molecule has 0 N–H and O–H groups in total. The van der Waals surface area contributed by atoms with Gasteiger partial charge in [-0.1, -0.05) is 30.3 Å². The van der Waals surface area contributed by atoms with Crippen molar-refractivity contribution < 1.29 is 0 Å². The molecule has 0 unspecified atom stereocenters. The summed E-state index contributed by atoms with van der Waals surface area (Å²) in [6.07, 6.45) is 5.28. The van der Waals surface area contributed by atoms with Crippen LogP contribution >= 0.6 is 11.3 Å². The van der Waals surface area contributed by atoms with E-state index in [1.807, 2.05) is 29.7 Å². The summed E-state index contributed by atoms with van der Waals surface area (Å²) in [5.41, 5.74) is 2.58. The molecule has 0 saturated carbocycles. The molecule has 26 heavy (non-hydrogen) atoms. The molecule has 1 aliphatic rings. The maximum atomic E-state index is 13.4. The minimum atomic E-state index is 0.0928. The van der Waals surface area contributed by atoms with Crippen molar-refractivity contribution in [2.45, 2.75) is 45.6 Å². The first kappa shape index (κ1) is 15.8. The molecule has 5 nitrogen and oxygen atoms in total. The van der Waals surface area contributed by atoms with Gasteiger partial charge in [0.1, 0.15) is 10.7 Å². The molecule has 4 aromatic rings. The fourth-order valence-corrected chi connectivity index (χ4v) is 5.43. The molecule has 0 saturated heterocycles. The van der Waals surface area contributed by atoms with Crippen molar-refractivity contribution in [1.29, 1.82) is 0 Å². The van der Waals surface area contributed by atoms with Crippen molar-refractivity contribution in [3.05, 3.63) is 62.5 Å². The number of hydrogen-bond donors (Lipinski definition) is 0. The summed E-state index contributed by atoms with van der Waals surface area (Å²) in [6, 6.07) is 10.3. The predicted molar refractivity (Wildman–Crippen MR) is 104 cm³/mol. The smallest absolute Gasteiger partial charge is 0.263 e. The lowest BCUT2D eigenvalue weighted by atomic mass is 9.97. The van der Waals surface area contributed by atoms with E-state index >= 15 is 0 Å². The molecule has 0 atom stereocenters. The minimum Gasteiger partial charge on any atom is -0.276 e. The van der Waals surface area contributed by atoms with E-state index < -0.39 is 0 Å². The van der Waals surface area contributed by atoms with Crippen molar-refractivity contribution in [2.75, 3.05) is 0 Å². The molecule has 5 rings (SSSR count). The van der Waals surface area contributed by atoms with Gasteiger partial charge >= 0.3 is 0 Å². The SMILES string of the molecule is Cc1nnc2n(CCc3ccccc3)c(=O)c3c4c(sc3n12)CCCC4. The molecule has 0 aliphatic heterocycles. The van der Waals surface area contributed by atoms with Gasteiger partial charge < -0.3 is 0 Å². The fourth-order valence-electron chi connectivity index (χ4n) is 4.01. The molecule has 1 aliphatic carbocycles. The molecule has 6 heteroatoms. The van der Waals surface area contributed by atoms with Crippen LogP contribution in [0.1, 0.15) is 34.7 Å². The average Bonchev–Trinajstić information content (AvgIpc) is 3.23. The predicted octanol–water partition coefficient (Wildman–Crippen LogP) is 3.54. The molecule has 0 radical (unpaired) electrons. The Labute approximate surface area is 154 Å². The summed E-state index contributed by atoms with van der Waals surface area (Å²) in [5.74, 6) is 1.51. The van der Waals surface area contributed by atoms with Gasteiger partial charge in [-0.15, -0.1) is 21.5 Å². The Morgan fingerprint density at radius 2 is 1.92 bits per heavy atom. The van der Waals surface area contributed by atoms with E-state index in [2.05, 4.69) is 26.7 Å². The first-order valence-corrected chi connectivity index (χ1v) is 9.98. The molecule has 0 bridgehead atoms. The Balaban J connectivity index is 1.73. The Morgan fingerprint density at radius 1 is 1.12 bits per heavy atom. The molecular weight excluding hydrogens is 344 g/mol. The number of rotatable bonds is 3. The first-order chi connectivity index (χ1) is 12.7. The Hall–Kier alpha value is -2.47. The van der Waals surface area contributed by atoms with Crippen LogP contribution in [-0.2, 0) is 25.8 Å². The average molecular weight is 364 g/mol. The van der Waals surface area contributed by atoms with Gasteiger partial charge in [0.05, 0.1) is 5.39 Å². The number of fused-ring (bicyclic) bond motifs is 5. The Morgan fingerprint density at radius 3 is 2.77 bits per heavy atom. The van der Waals surface area contributed by atoms with E-state index in [4.69, 9.17) is 0 Å². The number of thiophene rings is 1. The van der Waals surface area contributed by atoms with Gasteiger partial charge in [0.25, 0.3) is 5.56 Å². The number of aryl methyl sites for hydroxylation is 5. The van der Waals surface area contributed by atoms with Gasteiger partial charge in [-0.2, -0.15) is 0 Å². The third kappa shape index (κ3) is 2.32. The zero-order valence-electron chi connectivity index (χ0n) is 14.7. The van der Waals surface area contributed by atoms with Crippen molar-refractivity contribution in [3.8, 4) is 0 Å². The number of nitrogens with zero attached hydrogens (tertiary/aromatic N) is 4. The largest absolute Gasteiger partial charge is 0.276 e. The molecular formula is C20H20N4OS. The maximum absolute atomic E-state index is 13.4. The second-order valence-electron chi connectivity index (χ2n) is 6.97. The fraction of sp³-hybridized carbons (Fsp3) is 0.350. The van der Waals surface area contributed by atoms with E-state index in [1.54, 1.807) is 11.3 Å². The standard InChI is InChI=1S/C20H20N4OS/c1-13-21-22-20-23(12-11-14-7-3-2-4-8-14)18(25)17-15-9-5-6-10-16(15)26-19(17)24(13)20/h2-4,7-8H,5-6,9-12H2,1H3. The van der Waals surface area contributed by atoms with E-state index in [0.717, 1.165) is 35.3 Å². The highest BCUT2D eigenvalue weighted by Gasteiger charge is 2.23. The zero-order valence-corrected chi connectivity index (χ0v) is 15.6. The normalized spacial score (nSPS) is 14.2. The van der Waals surface area contributed by atoms with Crippen LogP contribution in [0.5, 0.6) is 0 Å². The molecule has 0 amide bonds. The number of benzene rings is 1. The molecule has 0 spiro atoms. The Kier molecular flexibility index (Phi) is 3.67. The van der Waals surface area contributed by atoms with Gasteiger partial charge in [-0.3, -0.25) is 13.8 Å². The first-order valence-electron chi connectivity index (χ1n) is 9.17. The van der Waals surface area contributed by atoms with Crippen molar-refractivity contribution in [3.63, 3.8) is 0 Å². The number of hydrogen-bond acceptors (Lipinski definition) is 4. The summed E-state index contributed by atoms with van der Waals surface area (Å²) in [7, 11) is 0. The number of aromatic nitrogens is 4. The van der Waals surface area contributed by atoms with Gasteiger partial charge in [-0.25, -0.2) is 0 Å². The van der Waals surface area contributed by atoms with Gasteiger partial charge in [0.2, 0.25) is 5.78 Å². The topological polar surface area (TPSA) is 52.2 Å². The lowest BCUT2D eigenvalue weighted by Gasteiger charge is -2.12. The summed E-state index contributed by atoms with van der Waals surface area (Å²) < 4.78 is 3.89. The summed E-state index contributed by atoms with van der Waals surface area (Å²) >= 11 is 1.75. The summed E-state index contributed by atoms with van der Waals surface area (Å²) in [5, 5.41) is 9.50. The quantitative estimate of drug-likeness (QED) is 0.559. The molecule has 3 heterocycles. The summed E-state index contributed by atoms with van der Waals surface area (Å²) in [6.45, 7) is 2.58. The van der Waals surface area contributed by atoms with Crippen LogP contribution in [0.2, 0.25) is 0 Å². The molecule has 0 fully saturated rings. The van der Waals surface area contributed by atoms with Crippen LogP contribution in [0.4, 0.5) is 0 Å². The molecule has 1 aromatic carbocycles. The monoisotopic (exact) mass is 364 g/mol. The third-order valence-corrected chi connectivity index (χ3v) is 6.61. The van der Waals surface area contributed by atoms with Crippen LogP contribution in [-0.4, -0.2) is 19.2 Å². The molecule has 132 valence electrons. The highest BCUT2D eigenvalue weighted by atomic mass is 32.1. The minimum absolute atomic E-state index is 0.0928. The van der Waals surface area contributed by atoms with E-state index in [9.17, 15) is 4.79 Å². The van der Waals surface area contributed by atoms with Crippen LogP contribution in [0.15, 0.2) is 35.1 Å². The van der Waals surface area contributed by atoms with E-state index in [0.29, 0.717) is 12.3 Å². The summed E-state index contributed by atoms with van der Waals surface area (Å²) in [4.78, 5) is 15.8. The molecule has 3 aromatic heterocycles. The van der Waals surface area contributed by atoms with Gasteiger partial charge in [-0.05, 0) is 50.2 Å². The highest BCUT2D eigenvalue weighted by molar-refractivity contribution is 7.18. The van der Waals surface area contributed by atoms with Crippen LogP contribution in [0.3, 0.4) is 0 Å². The van der Waals surface area contributed by atoms with E-state index in [-0.39, 0.29) is 5.56 Å². The van der Waals surface area contributed by atoms with Crippen molar-refractivity contribution >= 4 is 27.3 Å². The maximum Gasteiger partial charge on any atom is 0.263 e. The Bertz CT molecular complexity index is 1170. The lowest BCUT2D eigenvalue weighted by molar-refractivity contribution is 0.674. The van der Waals surface area contributed by atoms with Crippen LogP contribution in [0, 0.1) is 6.92 Å². The lowest BCUT2D eigenvalue weighted by Crippen LogP contribution is -2.24. The second kappa shape index (κ2) is 6.06. The van der Waals surface area contributed by atoms with Crippen molar-refractivity contribution in [2.24, 2.45) is 0 Å².